The van der Waals surface area contributed by atoms with Gasteiger partial charge in [-0.1, -0.05) is 18.5 Å². The molecule has 2 unspecified atom stereocenters. The molecule has 0 saturated carbocycles. The van der Waals surface area contributed by atoms with Gasteiger partial charge in [-0.3, -0.25) is 0 Å². The molecule has 1 aromatic heterocycles. The molecule has 17 heavy (non-hydrogen) atoms. The lowest BCUT2D eigenvalue weighted by atomic mass is 10.1. The molecule has 5 nitrogen and oxygen atoms in total. The summed E-state index contributed by atoms with van der Waals surface area (Å²) >= 11 is 0. The van der Waals surface area contributed by atoms with Crippen molar-refractivity contribution in [2.75, 3.05) is 6.61 Å². The Balaban J connectivity index is 1.80. The van der Waals surface area contributed by atoms with E-state index in [0.29, 0.717) is 24.2 Å². The van der Waals surface area contributed by atoms with Crippen molar-refractivity contribution in [3.05, 3.63) is 11.7 Å². The second-order valence-electron chi connectivity index (χ2n) is 4.52. The quantitative estimate of drug-likeness (QED) is 0.823. The zero-order valence-corrected chi connectivity index (χ0v) is 10.3. The Morgan fingerprint density at radius 2 is 2.41 bits per heavy atom. The van der Waals surface area contributed by atoms with Gasteiger partial charge in [0.05, 0.1) is 6.10 Å². The van der Waals surface area contributed by atoms with Crippen molar-refractivity contribution >= 4 is 0 Å². The molecule has 0 bridgehead atoms. The topological polar surface area (TPSA) is 68.4 Å². The molecule has 0 aromatic carbocycles. The standard InChI is InChI=1S/C12H20N2O3/c1-2-4-10(15)12-13-11(17-14-12)7-6-9-5-3-8-16-9/h9-10,15H,2-8H2,1H3. The molecule has 2 heterocycles. The fourth-order valence-corrected chi connectivity index (χ4v) is 2.06. The molecule has 0 spiro atoms. The molecular weight excluding hydrogens is 220 g/mol. The molecule has 0 amide bonds. The number of aliphatic hydroxyl groups excluding tert-OH is 1. The molecule has 1 N–H and O–H groups in total. The third kappa shape index (κ3) is 3.51. The normalized spacial score (nSPS) is 21.9. The molecule has 0 radical (unpaired) electrons. The van der Waals surface area contributed by atoms with Crippen molar-refractivity contribution < 1.29 is 14.4 Å². The van der Waals surface area contributed by atoms with Crippen molar-refractivity contribution in [3.63, 3.8) is 0 Å². The van der Waals surface area contributed by atoms with Gasteiger partial charge in [0.15, 0.2) is 5.82 Å². The highest BCUT2D eigenvalue weighted by Crippen LogP contribution is 2.19. The van der Waals surface area contributed by atoms with Crippen molar-refractivity contribution in [2.45, 2.75) is 57.7 Å². The van der Waals surface area contributed by atoms with Gasteiger partial charge in [-0.15, -0.1) is 0 Å². The van der Waals surface area contributed by atoms with E-state index in [2.05, 4.69) is 10.1 Å². The minimum absolute atomic E-state index is 0.339. The first-order chi connectivity index (χ1) is 8.29. The van der Waals surface area contributed by atoms with E-state index < -0.39 is 6.10 Å². The summed E-state index contributed by atoms with van der Waals surface area (Å²) in [5.74, 6) is 1.01. The number of hydrogen-bond donors (Lipinski definition) is 1. The molecule has 1 saturated heterocycles. The Hall–Kier alpha value is -0.940. The van der Waals surface area contributed by atoms with Gasteiger partial charge in [-0.2, -0.15) is 4.98 Å². The minimum atomic E-state index is -0.597. The molecule has 1 aliphatic rings. The molecule has 1 aromatic rings. The third-order valence-corrected chi connectivity index (χ3v) is 3.05. The molecule has 1 aliphatic heterocycles. The smallest absolute Gasteiger partial charge is 0.226 e. The van der Waals surface area contributed by atoms with E-state index in [0.717, 1.165) is 38.7 Å². The highest BCUT2D eigenvalue weighted by Gasteiger charge is 2.18. The summed E-state index contributed by atoms with van der Waals surface area (Å²) in [5.41, 5.74) is 0. The van der Waals surface area contributed by atoms with Gasteiger partial charge in [-0.25, -0.2) is 0 Å². The number of aliphatic hydroxyl groups is 1. The molecule has 2 rings (SSSR count). The fraction of sp³-hybridized carbons (Fsp3) is 0.833. The second kappa shape index (κ2) is 6.12. The van der Waals surface area contributed by atoms with Gasteiger partial charge in [0.2, 0.25) is 5.89 Å². The zero-order valence-electron chi connectivity index (χ0n) is 10.3. The molecule has 0 aliphatic carbocycles. The SMILES string of the molecule is CCCC(O)c1noc(CCC2CCCO2)n1. The number of nitrogens with zero attached hydrogens (tertiary/aromatic N) is 2. The zero-order chi connectivity index (χ0) is 12.1. The predicted molar refractivity (Wildman–Crippen MR) is 61.5 cm³/mol. The Morgan fingerprint density at radius 3 is 3.12 bits per heavy atom. The Morgan fingerprint density at radius 1 is 1.53 bits per heavy atom. The van der Waals surface area contributed by atoms with E-state index in [9.17, 15) is 5.11 Å². The van der Waals surface area contributed by atoms with Crippen LogP contribution in [0.2, 0.25) is 0 Å². The van der Waals surface area contributed by atoms with E-state index in [1.54, 1.807) is 0 Å². The van der Waals surface area contributed by atoms with Crippen LogP contribution in [0.25, 0.3) is 0 Å². The third-order valence-electron chi connectivity index (χ3n) is 3.05. The first-order valence-electron chi connectivity index (χ1n) is 6.41. The average molecular weight is 240 g/mol. The second-order valence-corrected chi connectivity index (χ2v) is 4.52. The number of aryl methyl sites for hydroxylation is 1. The summed E-state index contributed by atoms with van der Waals surface area (Å²) in [5, 5.41) is 13.5. The Bertz CT molecular complexity index is 334. The van der Waals surface area contributed by atoms with E-state index in [1.807, 2.05) is 6.92 Å². The summed E-state index contributed by atoms with van der Waals surface area (Å²) < 4.78 is 10.6. The maximum absolute atomic E-state index is 9.70. The molecule has 5 heteroatoms. The highest BCUT2D eigenvalue weighted by molar-refractivity contribution is 4.91. The number of aromatic nitrogens is 2. The summed E-state index contributed by atoms with van der Waals surface area (Å²) in [7, 11) is 0. The lowest BCUT2D eigenvalue weighted by Crippen LogP contribution is -2.06. The van der Waals surface area contributed by atoms with Gasteiger partial charge in [0.25, 0.3) is 0 Å². The van der Waals surface area contributed by atoms with Crippen molar-refractivity contribution in [1.82, 2.24) is 10.1 Å². The van der Waals surface area contributed by atoms with Crippen molar-refractivity contribution in [3.8, 4) is 0 Å². The predicted octanol–water partition coefficient (Wildman–Crippen LogP) is 2.01. The number of hydrogen-bond acceptors (Lipinski definition) is 5. The molecule has 1 fully saturated rings. The van der Waals surface area contributed by atoms with Gasteiger partial charge in [0.1, 0.15) is 6.10 Å². The summed E-state index contributed by atoms with van der Waals surface area (Å²) in [4.78, 5) is 4.21. The van der Waals surface area contributed by atoms with E-state index in [1.165, 1.54) is 0 Å². The average Bonchev–Trinajstić information content (AvgIpc) is 2.98. The number of ether oxygens (including phenoxy) is 1. The van der Waals surface area contributed by atoms with Crippen LogP contribution in [0, 0.1) is 0 Å². The maximum Gasteiger partial charge on any atom is 0.226 e. The van der Waals surface area contributed by atoms with E-state index >= 15 is 0 Å². The summed E-state index contributed by atoms with van der Waals surface area (Å²) in [6, 6.07) is 0. The van der Waals surface area contributed by atoms with E-state index in [4.69, 9.17) is 9.26 Å². The first-order valence-corrected chi connectivity index (χ1v) is 6.41. The number of rotatable bonds is 6. The maximum atomic E-state index is 9.70. The Labute approximate surface area is 101 Å². The van der Waals surface area contributed by atoms with Crippen LogP contribution in [0.1, 0.15) is 56.8 Å². The van der Waals surface area contributed by atoms with Gasteiger partial charge < -0.3 is 14.4 Å². The highest BCUT2D eigenvalue weighted by atomic mass is 16.5. The fourth-order valence-electron chi connectivity index (χ4n) is 2.06. The lowest BCUT2D eigenvalue weighted by Gasteiger charge is -2.05. The van der Waals surface area contributed by atoms with Gasteiger partial charge in [0, 0.05) is 13.0 Å². The van der Waals surface area contributed by atoms with Gasteiger partial charge >= 0.3 is 0 Å². The lowest BCUT2D eigenvalue weighted by molar-refractivity contribution is 0.102. The van der Waals surface area contributed by atoms with Crippen LogP contribution >= 0.6 is 0 Å². The largest absolute Gasteiger partial charge is 0.385 e. The van der Waals surface area contributed by atoms with Crippen LogP contribution in [-0.2, 0) is 11.2 Å². The van der Waals surface area contributed by atoms with E-state index in [-0.39, 0.29) is 0 Å². The molecule has 96 valence electrons. The van der Waals surface area contributed by atoms with Crippen LogP contribution < -0.4 is 0 Å². The Kier molecular flexibility index (Phi) is 4.50. The van der Waals surface area contributed by atoms with Crippen molar-refractivity contribution in [2.24, 2.45) is 0 Å². The minimum Gasteiger partial charge on any atom is -0.385 e. The summed E-state index contributed by atoms with van der Waals surface area (Å²) in [6.45, 7) is 2.89. The first kappa shape index (κ1) is 12.5. The van der Waals surface area contributed by atoms with Crippen LogP contribution in [-0.4, -0.2) is 28.0 Å². The summed E-state index contributed by atoms with van der Waals surface area (Å²) in [6.07, 6.45) is 5.24. The van der Waals surface area contributed by atoms with Crippen LogP contribution in [0.3, 0.4) is 0 Å². The van der Waals surface area contributed by atoms with Crippen molar-refractivity contribution in [1.29, 1.82) is 0 Å². The van der Waals surface area contributed by atoms with Crippen LogP contribution in [0.5, 0.6) is 0 Å². The molecular formula is C12H20N2O3. The van der Waals surface area contributed by atoms with Crippen LogP contribution in [0.15, 0.2) is 4.52 Å². The monoisotopic (exact) mass is 240 g/mol. The molecule has 2 atom stereocenters. The van der Waals surface area contributed by atoms with Gasteiger partial charge in [-0.05, 0) is 25.7 Å². The van der Waals surface area contributed by atoms with Crippen LogP contribution in [0.4, 0.5) is 0 Å².